The third-order valence-electron chi connectivity index (χ3n) is 5.25. The van der Waals surface area contributed by atoms with E-state index in [0.29, 0.717) is 19.5 Å². The van der Waals surface area contributed by atoms with Gasteiger partial charge in [-0.25, -0.2) is 14.3 Å². The SMILES string of the molecule is CC(C)C(c1cccnc1)N(C)C(=O)NCCCn1nc2n(c1=O)CCCC2. The average molecular weight is 387 g/mol. The Bertz CT molecular complexity index is 842. The van der Waals surface area contributed by atoms with Crippen molar-refractivity contribution in [3.63, 3.8) is 0 Å². The molecule has 1 aliphatic heterocycles. The van der Waals surface area contributed by atoms with Gasteiger partial charge < -0.3 is 10.2 Å². The van der Waals surface area contributed by atoms with E-state index >= 15 is 0 Å². The number of hydrogen-bond acceptors (Lipinski definition) is 4. The summed E-state index contributed by atoms with van der Waals surface area (Å²) in [5.41, 5.74) is 0.986. The number of pyridine rings is 1. The first-order chi connectivity index (χ1) is 13.5. The van der Waals surface area contributed by atoms with Gasteiger partial charge in [0.15, 0.2) is 0 Å². The lowest BCUT2D eigenvalue weighted by Crippen LogP contribution is -2.42. The predicted molar refractivity (Wildman–Crippen MR) is 107 cm³/mol. The molecule has 0 saturated carbocycles. The lowest BCUT2D eigenvalue weighted by atomic mass is 9.96. The first-order valence-electron chi connectivity index (χ1n) is 10.1. The quantitative estimate of drug-likeness (QED) is 0.740. The largest absolute Gasteiger partial charge is 0.345 e. The minimum absolute atomic E-state index is 0.0328. The highest BCUT2D eigenvalue weighted by molar-refractivity contribution is 5.74. The molecule has 8 heteroatoms. The molecule has 1 unspecified atom stereocenters. The lowest BCUT2D eigenvalue weighted by Gasteiger charge is -2.31. The summed E-state index contributed by atoms with van der Waals surface area (Å²) in [6.07, 6.45) is 7.20. The second-order valence-corrected chi connectivity index (χ2v) is 7.70. The highest BCUT2D eigenvalue weighted by atomic mass is 16.2. The van der Waals surface area contributed by atoms with Crippen molar-refractivity contribution < 1.29 is 4.79 Å². The minimum atomic E-state index is -0.126. The Balaban J connectivity index is 1.52. The van der Waals surface area contributed by atoms with Crippen LogP contribution in [0.15, 0.2) is 29.3 Å². The van der Waals surface area contributed by atoms with Crippen LogP contribution in [0.25, 0.3) is 0 Å². The standard InChI is InChI=1S/C20H30N6O2/c1-15(2)18(16-8-6-10-21-14-16)24(3)19(27)22-11-7-13-26-20(28)25-12-5-4-9-17(25)23-26/h6,8,10,14-15,18H,4-5,7,9,11-13H2,1-3H3,(H,22,27). The summed E-state index contributed by atoms with van der Waals surface area (Å²) >= 11 is 0. The van der Waals surface area contributed by atoms with Crippen molar-refractivity contribution in [2.24, 2.45) is 5.92 Å². The van der Waals surface area contributed by atoms with E-state index in [-0.39, 0.29) is 23.7 Å². The van der Waals surface area contributed by atoms with Crippen LogP contribution in [0.1, 0.15) is 50.5 Å². The van der Waals surface area contributed by atoms with Crippen LogP contribution < -0.4 is 11.0 Å². The van der Waals surface area contributed by atoms with E-state index in [1.54, 1.807) is 28.9 Å². The minimum Gasteiger partial charge on any atom is -0.338 e. The molecule has 0 bridgehead atoms. The summed E-state index contributed by atoms with van der Waals surface area (Å²) in [7, 11) is 1.81. The van der Waals surface area contributed by atoms with Gasteiger partial charge in [0.1, 0.15) is 5.82 Å². The van der Waals surface area contributed by atoms with Gasteiger partial charge in [-0.05, 0) is 36.8 Å². The number of aromatic nitrogens is 4. The van der Waals surface area contributed by atoms with Crippen LogP contribution in [-0.4, -0.2) is 43.9 Å². The molecule has 0 radical (unpaired) electrons. The molecule has 152 valence electrons. The number of hydrogen-bond donors (Lipinski definition) is 1. The lowest BCUT2D eigenvalue weighted by molar-refractivity contribution is 0.173. The molecule has 2 amide bonds. The van der Waals surface area contributed by atoms with Gasteiger partial charge in [0, 0.05) is 45.5 Å². The van der Waals surface area contributed by atoms with Gasteiger partial charge in [0.05, 0.1) is 6.04 Å². The van der Waals surface area contributed by atoms with Crippen LogP contribution in [0.3, 0.4) is 0 Å². The maximum Gasteiger partial charge on any atom is 0.345 e. The van der Waals surface area contributed by atoms with Crippen molar-refractivity contribution in [1.29, 1.82) is 0 Å². The van der Waals surface area contributed by atoms with Crippen molar-refractivity contribution in [2.45, 2.75) is 58.7 Å². The number of aryl methyl sites for hydroxylation is 2. The molecule has 0 fully saturated rings. The monoisotopic (exact) mass is 386 g/mol. The Hall–Kier alpha value is -2.64. The highest BCUT2D eigenvalue weighted by Gasteiger charge is 2.24. The molecule has 28 heavy (non-hydrogen) atoms. The predicted octanol–water partition coefficient (Wildman–Crippen LogP) is 2.20. The normalized spacial score (nSPS) is 14.6. The molecule has 1 N–H and O–H groups in total. The first kappa shape index (κ1) is 20.1. The zero-order chi connectivity index (χ0) is 20.1. The molecule has 1 atom stereocenters. The van der Waals surface area contributed by atoms with E-state index in [4.69, 9.17) is 0 Å². The number of urea groups is 1. The third kappa shape index (κ3) is 4.43. The first-order valence-corrected chi connectivity index (χ1v) is 10.1. The Kier molecular flexibility index (Phi) is 6.49. The van der Waals surface area contributed by atoms with Gasteiger partial charge in [-0.2, -0.15) is 5.10 Å². The number of rotatable bonds is 7. The zero-order valence-corrected chi connectivity index (χ0v) is 17.0. The Morgan fingerprint density at radius 2 is 2.18 bits per heavy atom. The van der Waals surface area contributed by atoms with Crippen LogP contribution in [0.5, 0.6) is 0 Å². The van der Waals surface area contributed by atoms with E-state index in [1.165, 1.54) is 4.68 Å². The molecule has 1 aliphatic rings. The molecule has 8 nitrogen and oxygen atoms in total. The van der Waals surface area contributed by atoms with Gasteiger partial charge in [0.25, 0.3) is 0 Å². The van der Waals surface area contributed by atoms with Gasteiger partial charge in [-0.3, -0.25) is 9.55 Å². The fraction of sp³-hybridized carbons (Fsp3) is 0.600. The summed E-state index contributed by atoms with van der Waals surface area (Å²) in [5, 5.41) is 7.39. The molecule has 3 heterocycles. The zero-order valence-electron chi connectivity index (χ0n) is 17.0. The van der Waals surface area contributed by atoms with Crippen molar-refractivity contribution in [3.8, 4) is 0 Å². The van der Waals surface area contributed by atoms with Crippen molar-refractivity contribution >= 4 is 6.03 Å². The van der Waals surface area contributed by atoms with Gasteiger partial charge in [-0.1, -0.05) is 19.9 Å². The van der Waals surface area contributed by atoms with E-state index in [1.807, 2.05) is 12.1 Å². The number of carbonyl (C=O) groups is 1. The summed E-state index contributed by atoms with van der Waals surface area (Å²) in [6, 6.07) is 3.71. The molecule has 0 saturated heterocycles. The van der Waals surface area contributed by atoms with E-state index in [9.17, 15) is 9.59 Å². The van der Waals surface area contributed by atoms with E-state index in [2.05, 4.69) is 29.2 Å². The Labute approximate surface area is 165 Å². The fourth-order valence-electron chi connectivity index (χ4n) is 3.88. The Morgan fingerprint density at radius 1 is 1.36 bits per heavy atom. The third-order valence-corrected chi connectivity index (χ3v) is 5.25. The van der Waals surface area contributed by atoms with Crippen LogP contribution in [-0.2, 0) is 19.5 Å². The summed E-state index contributed by atoms with van der Waals surface area (Å²) in [6.45, 7) is 5.96. The number of carbonyl (C=O) groups excluding carboxylic acids is 1. The average Bonchev–Trinajstić information content (AvgIpc) is 3.01. The smallest absolute Gasteiger partial charge is 0.338 e. The van der Waals surface area contributed by atoms with Crippen LogP contribution >= 0.6 is 0 Å². The molecular formula is C20H30N6O2. The van der Waals surface area contributed by atoms with E-state index < -0.39 is 0 Å². The van der Waals surface area contributed by atoms with Gasteiger partial charge in [0.2, 0.25) is 0 Å². The molecule has 2 aromatic rings. The molecule has 0 spiro atoms. The van der Waals surface area contributed by atoms with Crippen molar-refractivity contribution in [3.05, 3.63) is 46.4 Å². The second-order valence-electron chi connectivity index (χ2n) is 7.70. The fourth-order valence-corrected chi connectivity index (χ4v) is 3.88. The molecular weight excluding hydrogens is 356 g/mol. The van der Waals surface area contributed by atoms with Gasteiger partial charge >= 0.3 is 11.7 Å². The van der Waals surface area contributed by atoms with Crippen LogP contribution in [0, 0.1) is 5.92 Å². The number of nitrogens with one attached hydrogen (secondary N) is 1. The maximum absolute atomic E-state index is 12.6. The molecule has 3 rings (SSSR count). The summed E-state index contributed by atoms with van der Waals surface area (Å²) in [4.78, 5) is 30.8. The van der Waals surface area contributed by atoms with Crippen molar-refractivity contribution in [2.75, 3.05) is 13.6 Å². The van der Waals surface area contributed by atoms with Crippen molar-refractivity contribution in [1.82, 2.24) is 29.5 Å². The topological polar surface area (TPSA) is 85.1 Å². The van der Waals surface area contributed by atoms with Crippen LogP contribution in [0.4, 0.5) is 4.79 Å². The summed E-state index contributed by atoms with van der Waals surface area (Å²) in [5.74, 6) is 1.15. The maximum atomic E-state index is 12.6. The van der Waals surface area contributed by atoms with E-state index in [0.717, 1.165) is 37.2 Å². The second kappa shape index (κ2) is 9.03. The number of amides is 2. The number of nitrogens with zero attached hydrogens (tertiary/aromatic N) is 5. The molecule has 2 aromatic heterocycles. The van der Waals surface area contributed by atoms with Gasteiger partial charge in [-0.15, -0.1) is 0 Å². The Morgan fingerprint density at radius 3 is 2.86 bits per heavy atom. The highest BCUT2D eigenvalue weighted by Crippen LogP contribution is 2.26. The molecule has 0 aromatic carbocycles. The molecule has 0 aliphatic carbocycles. The summed E-state index contributed by atoms with van der Waals surface area (Å²) < 4.78 is 3.31. The number of fused-ring (bicyclic) bond motifs is 1. The van der Waals surface area contributed by atoms with Crippen LogP contribution in [0.2, 0.25) is 0 Å².